The molecule has 0 amide bonds. The molecule has 0 aliphatic carbocycles. The molecule has 2 heterocycles. The fourth-order valence-corrected chi connectivity index (χ4v) is 1.50. The van der Waals surface area contributed by atoms with E-state index < -0.39 is 0 Å². The third-order valence-electron chi connectivity index (χ3n) is 1.93. The van der Waals surface area contributed by atoms with Gasteiger partial charge in [-0.25, -0.2) is 9.97 Å². The summed E-state index contributed by atoms with van der Waals surface area (Å²) in [6.07, 6.45) is 3.45. The zero-order valence-electron chi connectivity index (χ0n) is 8.76. The van der Waals surface area contributed by atoms with Crippen LogP contribution in [0.3, 0.4) is 0 Å². The van der Waals surface area contributed by atoms with Gasteiger partial charge in [0, 0.05) is 18.8 Å². The molecule has 0 radical (unpaired) electrons. The number of nitrogens with one attached hydrogen (secondary N) is 1. The fourth-order valence-electron chi connectivity index (χ4n) is 1.27. The second-order valence-corrected chi connectivity index (χ2v) is 3.60. The van der Waals surface area contributed by atoms with Crippen molar-refractivity contribution in [3.63, 3.8) is 0 Å². The summed E-state index contributed by atoms with van der Waals surface area (Å²) < 4.78 is 1.74. The molecule has 2 rings (SSSR count). The lowest BCUT2D eigenvalue weighted by Crippen LogP contribution is -2.12. The highest BCUT2D eigenvalue weighted by Crippen LogP contribution is 2.10. The normalized spacial score (nSPS) is 10.4. The lowest BCUT2D eigenvalue weighted by Gasteiger charge is -2.06. The summed E-state index contributed by atoms with van der Waals surface area (Å²) in [7, 11) is 0. The first kappa shape index (κ1) is 10.8. The monoisotopic (exact) mass is 238 g/mol. The first-order valence-electron chi connectivity index (χ1n) is 4.83. The van der Waals surface area contributed by atoms with E-state index in [1.165, 1.54) is 0 Å². The third kappa shape index (κ3) is 2.90. The Morgan fingerprint density at radius 2 is 2.31 bits per heavy atom. The fraction of sp³-hybridized carbons (Fsp3) is 0.333. The second kappa shape index (κ2) is 4.89. The van der Waals surface area contributed by atoms with Crippen molar-refractivity contribution in [3.8, 4) is 0 Å². The van der Waals surface area contributed by atoms with Gasteiger partial charge in [-0.2, -0.15) is 0 Å². The number of nitrogens with zero attached hydrogens (tertiary/aromatic N) is 5. The van der Waals surface area contributed by atoms with Crippen molar-refractivity contribution in [3.05, 3.63) is 29.4 Å². The van der Waals surface area contributed by atoms with Gasteiger partial charge in [-0.05, 0) is 6.92 Å². The summed E-state index contributed by atoms with van der Waals surface area (Å²) in [4.78, 5) is 8.18. The Labute approximate surface area is 97.7 Å². The minimum absolute atomic E-state index is 0.441. The predicted octanol–water partition coefficient (Wildman–Crippen LogP) is 1.14. The number of hydrogen-bond acceptors (Lipinski definition) is 5. The first-order chi connectivity index (χ1) is 7.74. The average Bonchev–Trinajstić information content (AvgIpc) is 2.69. The second-order valence-electron chi connectivity index (χ2n) is 3.22. The summed E-state index contributed by atoms with van der Waals surface area (Å²) in [6, 6.07) is 1.69. The Morgan fingerprint density at radius 3 is 3.00 bits per heavy atom. The molecule has 84 valence electrons. The van der Waals surface area contributed by atoms with E-state index in [-0.39, 0.29) is 0 Å². The minimum Gasteiger partial charge on any atom is -0.368 e. The number of aromatic nitrogens is 5. The van der Waals surface area contributed by atoms with Crippen LogP contribution in [0, 0.1) is 6.92 Å². The molecule has 0 aliphatic heterocycles. The van der Waals surface area contributed by atoms with E-state index in [0.717, 1.165) is 12.4 Å². The molecule has 0 aliphatic rings. The first-order valence-corrected chi connectivity index (χ1v) is 5.21. The van der Waals surface area contributed by atoms with E-state index in [2.05, 4.69) is 25.6 Å². The molecule has 0 unspecified atom stereocenters. The van der Waals surface area contributed by atoms with E-state index in [0.29, 0.717) is 17.5 Å². The van der Waals surface area contributed by atoms with Crippen LogP contribution < -0.4 is 5.32 Å². The topological polar surface area (TPSA) is 68.5 Å². The van der Waals surface area contributed by atoms with E-state index in [4.69, 9.17) is 11.6 Å². The Balaban J connectivity index is 1.89. The molecule has 0 atom stereocenters. The van der Waals surface area contributed by atoms with Crippen LogP contribution in [-0.4, -0.2) is 31.5 Å². The quantitative estimate of drug-likeness (QED) is 0.809. The zero-order chi connectivity index (χ0) is 11.4. The number of hydrogen-bond donors (Lipinski definition) is 1. The van der Waals surface area contributed by atoms with Gasteiger partial charge in [0.1, 0.15) is 16.8 Å². The van der Waals surface area contributed by atoms with Crippen LogP contribution >= 0.6 is 11.6 Å². The van der Waals surface area contributed by atoms with E-state index in [9.17, 15) is 0 Å². The summed E-state index contributed by atoms with van der Waals surface area (Å²) >= 11 is 5.81. The Kier molecular flexibility index (Phi) is 3.31. The Hall–Kier alpha value is -1.69. The number of rotatable bonds is 4. The summed E-state index contributed by atoms with van der Waals surface area (Å²) in [5.74, 6) is 1.37. The predicted molar refractivity (Wildman–Crippen MR) is 60.3 cm³/mol. The molecule has 0 fully saturated rings. The minimum atomic E-state index is 0.441. The van der Waals surface area contributed by atoms with E-state index in [1.54, 1.807) is 30.1 Å². The van der Waals surface area contributed by atoms with Gasteiger partial charge in [0.25, 0.3) is 0 Å². The van der Waals surface area contributed by atoms with Crippen molar-refractivity contribution in [2.75, 3.05) is 11.9 Å². The van der Waals surface area contributed by atoms with Crippen molar-refractivity contribution < 1.29 is 0 Å². The van der Waals surface area contributed by atoms with Crippen LogP contribution in [0.5, 0.6) is 0 Å². The summed E-state index contributed by atoms with van der Waals surface area (Å²) in [5.41, 5.74) is 0. The van der Waals surface area contributed by atoms with Gasteiger partial charge in [0.15, 0.2) is 0 Å². The van der Waals surface area contributed by atoms with Gasteiger partial charge in [0.05, 0.1) is 12.7 Å². The molecular weight excluding hydrogens is 228 g/mol. The van der Waals surface area contributed by atoms with Gasteiger partial charge in [-0.15, -0.1) is 5.10 Å². The molecule has 0 spiro atoms. The van der Waals surface area contributed by atoms with Crippen LogP contribution in [0.25, 0.3) is 0 Å². The van der Waals surface area contributed by atoms with Crippen molar-refractivity contribution in [1.82, 2.24) is 25.0 Å². The molecule has 0 saturated heterocycles. The van der Waals surface area contributed by atoms with Gasteiger partial charge in [-0.3, -0.25) is 4.68 Å². The molecule has 1 N–H and O–H groups in total. The molecule has 6 nitrogen and oxygen atoms in total. The van der Waals surface area contributed by atoms with Gasteiger partial charge >= 0.3 is 0 Å². The molecule has 16 heavy (non-hydrogen) atoms. The van der Waals surface area contributed by atoms with Crippen LogP contribution in [0.15, 0.2) is 18.5 Å². The molecule has 0 aromatic carbocycles. The van der Waals surface area contributed by atoms with E-state index >= 15 is 0 Å². The van der Waals surface area contributed by atoms with E-state index in [1.807, 2.05) is 0 Å². The maximum absolute atomic E-state index is 5.81. The number of anilines is 1. The average molecular weight is 239 g/mol. The maximum atomic E-state index is 5.81. The van der Waals surface area contributed by atoms with Gasteiger partial charge < -0.3 is 5.32 Å². The van der Waals surface area contributed by atoms with Crippen molar-refractivity contribution in [2.24, 2.45) is 0 Å². The van der Waals surface area contributed by atoms with Crippen molar-refractivity contribution >= 4 is 17.4 Å². The number of aryl methyl sites for hydroxylation is 1. The van der Waals surface area contributed by atoms with Crippen molar-refractivity contribution in [2.45, 2.75) is 13.5 Å². The van der Waals surface area contributed by atoms with Gasteiger partial charge in [-0.1, -0.05) is 16.8 Å². The molecule has 0 bridgehead atoms. The summed E-state index contributed by atoms with van der Waals surface area (Å²) in [5, 5.41) is 11.1. The molecule has 0 saturated carbocycles. The van der Waals surface area contributed by atoms with Crippen molar-refractivity contribution in [1.29, 1.82) is 0 Å². The van der Waals surface area contributed by atoms with Crippen LogP contribution in [0.2, 0.25) is 5.15 Å². The highest BCUT2D eigenvalue weighted by Gasteiger charge is 1.99. The smallest absolute Gasteiger partial charge is 0.134 e. The lowest BCUT2D eigenvalue weighted by atomic mass is 10.5. The zero-order valence-corrected chi connectivity index (χ0v) is 9.52. The Bertz CT molecular complexity index is 435. The SMILES string of the molecule is Cc1nc(Cl)cc(NCCn2ccnn2)n1. The van der Waals surface area contributed by atoms with Crippen LogP contribution in [0.1, 0.15) is 5.82 Å². The molecule has 2 aromatic heterocycles. The van der Waals surface area contributed by atoms with Crippen LogP contribution in [-0.2, 0) is 6.54 Å². The molecule has 7 heteroatoms. The molecular formula is C9H11ClN6. The summed E-state index contributed by atoms with van der Waals surface area (Å²) in [6.45, 7) is 3.23. The lowest BCUT2D eigenvalue weighted by molar-refractivity contribution is 0.608. The largest absolute Gasteiger partial charge is 0.368 e. The Morgan fingerprint density at radius 1 is 1.44 bits per heavy atom. The van der Waals surface area contributed by atoms with Gasteiger partial charge in [0.2, 0.25) is 0 Å². The standard InChI is InChI=1S/C9H11ClN6/c1-7-13-8(10)6-9(14-7)11-2-4-16-5-3-12-15-16/h3,5-6H,2,4H2,1H3,(H,11,13,14). The highest BCUT2D eigenvalue weighted by atomic mass is 35.5. The van der Waals surface area contributed by atoms with Crippen LogP contribution in [0.4, 0.5) is 5.82 Å². The highest BCUT2D eigenvalue weighted by molar-refractivity contribution is 6.29. The third-order valence-corrected chi connectivity index (χ3v) is 2.12. The molecule has 2 aromatic rings. The maximum Gasteiger partial charge on any atom is 0.134 e. The number of halogens is 1.